The average molecular weight is 581 g/mol. The number of methoxy groups -OCH3 is 1. The van der Waals surface area contributed by atoms with Crippen LogP contribution in [-0.2, 0) is 13.0 Å². The SMILES string of the molecule is C=CCc1cc(C=Nn2c(C(C)C)nc3ccc(Br)cc3c2=O)cc(OC)c1OCc1ccccc1Cl. The molecule has 0 radical (unpaired) electrons. The van der Waals surface area contributed by atoms with Crippen LogP contribution < -0.4 is 15.0 Å². The molecule has 4 aromatic rings. The van der Waals surface area contributed by atoms with E-state index in [2.05, 4.69) is 27.6 Å². The minimum Gasteiger partial charge on any atom is -0.493 e. The van der Waals surface area contributed by atoms with Gasteiger partial charge in [-0.1, -0.05) is 65.7 Å². The van der Waals surface area contributed by atoms with Gasteiger partial charge in [-0.25, -0.2) is 4.98 Å². The lowest BCUT2D eigenvalue weighted by Crippen LogP contribution is -2.23. The summed E-state index contributed by atoms with van der Waals surface area (Å²) in [6.07, 6.45) is 3.98. The Bertz CT molecular complexity index is 1550. The van der Waals surface area contributed by atoms with Gasteiger partial charge in [0.25, 0.3) is 5.56 Å². The summed E-state index contributed by atoms with van der Waals surface area (Å²) >= 11 is 9.74. The van der Waals surface area contributed by atoms with Gasteiger partial charge in [0.15, 0.2) is 11.5 Å². The fourth-order valence-corrected chi connectivity index (χ4v) is 4.47. The molecule has 0 saturated heterocycles. The summed E-state index contributed by atoms with van der Waals surface area (Å²) in [6.45, 7) is 8.13. The number of fused-ring (bicyclic) bond motifs is 1. The Hall–Kier alpha value is -3.42. The van der Waals surface area contributed by atoms with Gasteiger partial charge in [-0.15, -0.1) is 6.58 Å². The second-order valence-corrected chi connectivity index (χ2v) is 10.1. The molecule has 0 amide bonds. The van der Waals surface area contributed by atoms with Crippen LogP contribution in [0.25, 0.3) is 10.9 Å². The lowest BCUT2D eigenvalue weighted by atomic mass is 10.1. The highest BCUT2D eigenvalue weighted by atomic mass is 79.9. The third-order valence-corrected chi connectivity index (χ3v) is 6.60. The monoisotopic (exact) mass is 579 g/mol. The molecule has 0 N–H and O–H groups in total. The molecule has 0 aliphatic carbocycles. The molecule has 1 aromatic heterocycles. The van der Waals surface area contributed by atoms with Crippen molar-refractivity contribution in [1.82, 2.24) is 9.66 Å². The number of hydrogen-bond donors (Lipinski definition) is 0. The van der Waals surface area contributed by atoms with Crippen molar-refractivity contribution in [3.05, 3.63) is 110 Å². The van der Waals surface area contributed by atoms with E-state index in [1.54, 1.807) is 25.5 Å². The molecule has 0 aliphatic heterocycles. The molecule has 1 heterocycles. The maximum absolute atomic E-state index is 13.3. The number of rotatable bonds is 9. The van der Waals surface area contributed by atoms with E-state index in [0.717, 1.165) is 21.2 Å². The van der Waals surface area contributed by atoms with E-state index in [1.165, 1.54) is 4.68 Å². The van der Waals surface area contributed by atoms with E-state index in [4.69, 9.17) is 26.1 Å². The van der Waals surface area contributed by atoms with E-state index >= 15 is 0 Å². The molecule has 190 valence electrons. The van der Waals surface area contributed by atoms with E-state index in [9.17, 15) is 4.79 Å². The van der Waals surface area contributed by atoms with Gasteiger partial charge in [0.2, 0.25) is 0 Å². The van der Waals surface area contributed by atoms with Crippen molar-refractivity contribution in [1.29, 1.82) is 0 Å². The van der Waals surface area contributed by atoms with Crippen molar-refractivity contribution < 1.29 is 9.47 Å². The normalized spacial score (nSPS) is 11.4. The molecule has 0 fully saturated rings. The van der Waals surface area contributed by atoms with Gasteiger partial charge in [0.1, 0.15) is 12.4 Å². The first-order valence-electron chi connectivity index (χ1n) is 11.8. The molecule has 37 heavy (non-hydrogen) atoms. The van der Waals surface area contributed by atoms with Crippen LogP contribution in [0.5, 0.6) is 11.5 Å². The quantitative estimate of drug-likeness (QED) is 0.156. The molecular formula is C29H27BrClN3O3. The van der Waals surface area contributed by atoms with Crippen LogP contribution in [0.3, 0.4) is 0 Å². The summed E-state index contributed by atoms with van der Waals surface area (Å²) < 4.78 is 14.0. The molecule has 0 saturated carbocycles. The van der Waals surface area contributed by atoms with Crippen molar-refractivity contribution in [2.24, 2.45) is 5.10 Å². The summed E-state index contributed by atoms with van der Waals surface area (Å²) in [5.41, 5.74) is 2.90. The Balaban J connectivity index is 1.75. The van der Waals surface area contributed by atoms with Crippen molar-refractivity contribution >= 4 is 44.6 Å². The number of benzene rings is 3. The third-order valence-electron chi connectivity index (χ3n) is 5.74. The first kappa shape index (κ1) is 26.6. The predicted octanol–water partition coefficient (Wildman–Crippen LogP) is 7.13. The van der Waals surface area contributed by atoms with Crippen LogP contribution >= 0.6 is 27.5 Å². The average Bonchev–Trinajstić information content (AvgIpc) is 2.88. The minimum atomic E-state index is -0.232. The number of aromatic nitrogens is 2. The highest BCUT2D eigenvalue weighted by molar-refractivity contribution is 9.10. The van der Waals surface area contributed by atoms with Crippen LogP contribution in [0, 0.1) is 0 Å². The summed E-state index contributed by atoms with van der Waals surface area (Å²) in [6, 6.07) is 16.8. The van der Waals surface area contributed by atoms with E-state index in [-0.39, 0.29) is 11.5 Å². The zero-order chi connectivity index (χ0) is 26.5. The molecule has 8 heteroatoms. The van der Waals surface area contributed by atoms with Crippen molar-refractivity contribution in [2.45, 2.75) is 32.8 Å². The topological polar surface area (TPSA) is 65.7 Å². The van der Waals surface area contributed by atoms with Gasteiger partial charge >= 0.3 is 0 Å². The van der Waals surface area contributed by atoms with E-state index in [1.807, 2.05) is 62.4 Å². The lowest BCUT2D eigenvalue weighted by Gasteiger charge is -2.16. The van der Waals surface area contributed by atoms with Crippen molar-refractivity contribution in [3.63, 3.8) is 0 Å². The number of hydrogen-bond acceptors (Lipinski definition) is 5. The maximum Gasteiger partial charge on any atom is 0.282 e. The molecule has 0 bridgehead atoms. The molecule has 4 rings (SSSR count). The van der Waals surface area contributed by atoms with Crippen LogP contribution in [-0.4, -0.2) is 23.0 Å². The van der Waals surface area contributed by atoms with Gasteiger partial charge < -0.3 is 9.47 Å². The number of nitrogens with zero attached hydrogens (tertiary/aromatic N) is 3. The number of halogens is 2. The first-order chi connectivity index (χ1) is 17.8. The first-order valence-corrected chi connectivity index (χ1v) is 12.9. The second-order valence-electron chi connectivity index (χ2n) is 8.73. The maximum atomic E-state index is 13.3. The third kappa shape index (κ3) is 5.95. The van der Waals surface area contributed by atoms with Gasteiger partial charge in [0.05, 0.1) is 24.2 Å². The Labute approximate surface area is 229 Å². The molecule has 3 aromatic carbocycles. The summed E-state index contributed by atoms with van der Waals surface area (Å²) in [5, 5.41) is 5.68. The van der Waals surface area contributed by atoms with Gasteiger partial charge in [0, 0.05) is 26.5 Å². The zero-order valence-electron chi connectivity index (χ0n) is 20.9. The minimum absolute atomic E-state index is 0.00986. The lowest BCUT2D eigenvalue weighted by molar-refractivity contribution is 0.282. The fraction of sp³-hybridized carbons (Fsp3) is 0.207. The zero-order valence-corrected chi connectivity index (χ0v) is 23.2. The van der Waals surface area contributed by atoms with Crippen LogP contribution in [0.15, 0.2) is 81.6 Å². The van der Waals surface area contributed by atoms with Crippen LogP contribution in [0.2, 0.25) is 5.02 Å². The molecule has 6 nitrogen and oxygen atoms in total. The molecular weight excluding hydrogens is 554 g/mol. The highest BCUT2D eigenvalue weighted by Crippen LogP contribution is 2.34. The smallest absolute Gasteiger partial charge is 0.282 e. The van der Waals surface area contributed by atoms with E-state index in [0.29, 0.717) is 46.3 Å². The van der Waals surface area contributed by atoms with Gasteiger partial charge in [-0.2, -0.15) is 9.78 Å². The summed E-state index contributed by atoms with van der Waals surface area (Å²) in [5.74, 6) is 1.72. The van der Waals surface area contributed by atoms with Gasteiger partial charge in [-0.3, -0.25) is 4.79 Å². The molecule has 0 aliphatic rings. The Morgan fingerprint density at radius 2 is 1.95 bits per heavy atom. The van der Waals surface area contributed by atoms with Gasteiger partial charge in [-0.05, 0) is 48.4 Å². The van der Waals surface area contributed by atoms with Crippen molar-refractivity contribution in [2.75, 3.05) is 7.11 Å². The standard InChI is InChI=1S/C29H27BrClN3O3/c1-5-8-20-13-19(14-26(36-4)27(20)37-17-21-9-6-7-10-24(21)31)16-32-34-28(18(2)3)33-25-12-11-22(30)15-23(25)29(34)35/h5-7,9-16,18H,1,8,17H2,2-4H3. The Morgan fingerprint density at radius 1 is 1.16 bits per heavy atom. The summed E-state index contributed by atoms with van der Waals surface area (Å²) in [4.78, 5) is 18.0. The second kappa shape index (κ2) is 11.8. The Morgan fingerprint density at radius 3 is 2.65 bits per heavy atom. The molecule has 0 spiro atoms. The summed E-state index contributed by atoms with van der Waals surface area (Å²) in [7, 11) is 1.59. The van der Waals surface area contributed by atoms with Crippen LogP contribution in [0.1, 0.15) is 42.3 Å². The van der Waals surface area contributed by atoms with Crippen molar-refractivity contribution in [3.8, 4) is 11.5 Å². The number of ether oxygens (including phenoxy) is 2. The van der Waals surface area contributed by atoms with E-state index < -0.39 is 0 Å². The molecule has 0 unspecified atom stereocenters. The predicted molar refractivity (Wildman–Crippen MR) is 153 cm³/mol. The largest absolute Gasteiger partial charge is 0.493 e. The van der Waals surface area contributed by atoms with Crippen LogP contribution in [0.4, 0.5) is 0 Å². The Kier molecular flexibility index (Phi) is 8.46. The number of allylic oxidation sites excluding steroid dienone is 1. The molecule has 0 atom stereocenters. The fourth-order valence-electron chi connectivity index (χ4n) is 3.92. The highest BCUT2D eigenvalue weighted by Gasteiger charge is 2.16.